The zero-order valence-electron chi connectivity index (χ0n) is 11.4. The molecule has 0 saturated carbocycles. The van der Waals surface area contributed by atoms with Gasteiger partial charge in [-0.05, 0) is 18.2 Å². The van der Waals surface area contributed by atoms with Gasteiger partial charge in [0.05, 0.1) is 24.7 Å². The number of hydrogen-bond donors (Lipinski definition) is 2. The van der Waals surface area contributed by atoms with E-state index >= 15 is 0 Å². The van der Waals surface area contributed by atoms with E-state index < -0.39 is 0 Å². The molecule has 0 aliphatic heterocycles. The monoisotopic (exact) mass is 305 g/mol. The molecule has 0 radical (unpaired) electrons. The van der Waals surface area contributed by atoms with Crippen molar-refractivity contribution in [2.45, 2.75) is 13.0 Å². The van der Waals surface area contributed by atoms with Gasteiger partial charge in [0.25, 0.3) is 0 Å². The van der Waals surface area contributed by atoms with Crippen LogP contribution in [0.4, 0.5) is 5.69 Å². The number of aliphatic hydroxyl groups excluding tert-OH is 1. The molecule has 2 N–H and O–H groups in total. The summed E-state index contributed by atoms with van der Waals surface area (Å²) < 4.78 is 5.46. The van der Waals surface area contributed by atoms with Crippen molar-refractivity contribution in [1.82, 2.24) is 0 Å². The summed E-state index contributed by atoms with van der Waals surface area (Å²) in [6, 6.07) is 14.2. The number of halogens is 1. The van der Waals surface area contributed by atoms with Gasteiger partial charge in [-0.25, -0.2) is 0 Å². The molecule has 110 valence electrons. The highest BCUT2D eigenvalue weighted by Crippen LogP contribution is 2.23. The van der Waals surface area contributed by atoms with Crippen molar-refractivity contribution < 1.29 is 14.6 Å². The molecular formula is C16H16ClNO3. The molecule has 2 rings (SSSR count). The fourth-order valence-electron chi connectivity index (χ4n) is 1.81. The van der Waals surface area contributed by atoms with Gasteiger partial charge in [-0.3, -0.25) is 4.79 Å². The van der Waals surface area contributed by atoms with Gasteiger partial charge in [0, 0.05) is 11.3 Å². The summed E-state index contributed by atoms with van der Waals surface area (Å²) in [5, 5.41) is 12.5. The maximum Gasteiger partial charge on any atom is 0.227 e. The number of rotatable bonds is 6. The Labute approximate surface area is 128 Å². The third-order valence-electron chi connectivity index (χ3n) is 2.89. The average Bonchev–Trinajstić information content (AvgIpc) is 2.50. The van der Waals surface area contributed by atoms with Gasteiger partial charge in [-0.2, -0.15) is 0 Å². The van der Waals surface area contributed by atoms with Crippen molar-refractivity contribution in [2.75, 3.05) is 11.9 Å². The van der Waals surface area contributed by atoms with Crippen LogP contribution in [0.25, 0.3) is 0 Å². The molecule has 0 saturated heterocycles. The van der Waals surface area contributed by atoms with Gasteiger partial charge >= 0.3 is 0 Å². The van der Waals surface area contributed by atoms with E-state index in [4.69, 9.17) is 16.3 Å². The summed E-state index contributed by atoms with van der Waals surface area (Å²) in [5.74, 6) is 0.380. The van der Waals surface area contributed by atoms with Crippen LogP contribution in [0, 0.1) is 0 Å². The van der Waals surface area contributed by atoms with Crippen molar-refractivity contribution in [1.29, 1.82) is 0 Å². The Balaban J connectivity index is 1.84. The number of nitrogens with one attached hydrogen (secondary N) is 1. The Hall–Kier alpha value is -2.04. The zero-order valence-corrected chi connectivity index (χ0v) is 12.1. The van der Waals surface area contributed by atoms with Crippen LogP contribution in [0.1, 0.15) is 12.0 Å². The van der Waals surface area contributed by atoms with Crippen LogP contribution in [0.5, 0.6) is 5.75 Å². The molecule has 2 aromatic rings. The Bertz CT molecular complexity index is 616. The lowest BCUT2D eigenvalue weighted by molar-refractivity contribution is -0.116. The molecule has 0 fully saturated rings. The molecule has 1 amide bonds. The summed E-state index contributed by atoms with van der Waals surface area (Å²) in [7, 11) is 0. The molecule has 4 nitrogen and oxygen atoms in total. The van der Waals surface area contributed by atoms with Crippen LogP contribution < -0.4 is 10.1 Å². The molecule has 0 heterocycles. The summed E-state index contributed by atoms with van der Waals surface area (Å²) in [6.45, 7) is 0.115. The number of carbonyl (C=O) groups is 1. The Morgan fingerprint density at radius 3 is 2.62 bits per heavy atom. The fraction of sp³-hybridized carbons (Fsp3) is 0.188. The first kappa shape index (κ1) is 15.4. The molecule has 0 bridgehead atoms. The Morgan fingerprint density at radius 2 is 1.86 bits per heavy atom. The number of anilines is 1. The molecule has 2 aromatic carbocycles. The molecule has 21 heavy (non-hydrogen) atoms. The molecular weight excluding hydrogens is 290 g/mol. The Morgan fingerprint density at radius 1 is 1.14 bits per heavy atom. The highest BCUT2D eigenvalue weighted by Gasteiger charge is 2.07. The fourth-order valence-corrected chi connectivity index (χ4v) is 2.00. The highest BCUT2D eigenvalue weighted by molar-refractivity contribution is 6.32. The molecule has 0 aliphatic carbocycles. The van der Waals surface area contributed by atoms with Crippen molar-refractivity contribution in [2.24, 2.45) is 0 Å². The van der Waals surface area contributed by atoms with Crippen molar-refractivity contribution >= 4 is 23.2 Å². The Kier molecular flexibility index (Phi) is 5.60. The van der Waals surface area contributed by atoms with Crippen LogP contribution in [0.3, 0.4) is 0 Å². The lowest BCUT2D eigenvalue weighted by atomic mass is 10.2. The SMILES string of the molecule is O=C(CCOc1ccccc1Cl)Nc1ccccc1CO. The van der Waals surface area contributed by atoms with Gasteiger partial charge in [-0.15, -0.1) is 0 Å². The normalized spacial score (nSPS) is 10.2. The highest BCUT2D eigenvalue weighted by atomic mass is 35.5. The standard InChI is InChI=1S/C16H16ClNO3/c17-13-6-2-4-8-15(13)21-10-9-16(20)18-14-7-3-1-5-12(14)11-19/h1-8,19H,9-11H2,(H,18,20). The maximum atomic E-state index is 11.9. The second kappa shape index (κ2) is 7.67. The number of hydrogen-bond acceptors (Lipinski definition) is 3. The van der Waals surface area contributed by atoms with Crippen LogP contribution >= 0.6 is 11.6 Å². The minimum atomic E-state index is -0.178. The van der Waals surface area contributed by atoms with Crippen LogP contribution in [-0.4, -0.2) is 17.6 Å². The number of para-hydroxylation sites is 2. The van der Waals surface area contributed by atoms with Gasteiger partial charge in [0.2, 0.25) is 5.91 Å². The van der Waals surface area contributed by atoms with Gasteiger partial charge in [0.1, 0.15) is 5.75 Å². The molecule has 0 spiro atoms. The van der Waals surface area contributed by atoms with E-state index in [9.17, 15) is 9.90 Å². The molecule has 0 aliphatic rings. The second-order valence-corrected chi connectivity index (χ2v) is 4.80. The molecule has 0 aromatic heterocycles. The van der Waals surface area contributed by atoms with Gasteiger partial charge < -0.3 is 15.2 Å². The predicted octanol–water partition coefficient (Wildman–Crippen LogP) is 3.24. The number of carbonyl (C=O) groups excluding carboxylic acids is 1. The van der Waals surface area contributed by atoms with Crippen LogP contribution in [-0.2, 0) is 11.4 Å². The van der Waals surface area contributed by atoms with E-state index in [1.807, 2.05) is 18.2 Å². The third kappa shape index (κ3) is 4.48. The summed E-state index contributed by atoms with van der Waals surface area (Å²) >= 11 is 5.96. The largest absolute Gasteiger partial charge is 0.491 e. The topological polar surface area (TPSA) is 58.6 Å². The van der Waals surface area contributed by atoms with Gasteiger partial charge in [0.15, 0.2) is 0 Å². The van der Waals surface area contributed by atoms with E-state index in [2.05, 4.69) is 5.32 Å². The quantitative estimate of drug-likeness (QED) is 0.861. The smallest absolute Gasteiger partial charge is 0.227 e. The molecule has 0 atom stereocenters. The van der Waals surface area contributed by atoms with Gasteiger partial charge in [-0.1, -0.05) is 41.9 Å². The van der Waals surface area contributed by atoms with E-state index in [0.29, 0.717) is 22.0 Å². The first-order valence-electron chi connectivity index (χ1n) is 6.56. The van der Waals surface area contributed by atoms with E-state index in [-0.39, 0.29) is 25.5 Å². The average molecular weight is 306 g/mol. The molecule has 5 heteroatoms. The minimum absolute atomic E-state index is 0.118. The summed E-state index contributed by atoms with van der Waals surface area (Å²) in [5.41, 5.74) is 1.29. The molecule has 0 unspecified atom stereocenters. The van der Waals surface area contributed by atoms with E-state index in [0.717, 1.165) is 0 Å². The summed E-state index contributed by atoms with van der Waals surface area (Å²) in [6.07, 6.45) is 0.199. The minimum Gasteiger partial charge on any atom is -0.491 e. The predicted molar refractivity (Wildman–Crippen MR) is 82.6 cm³/mol. The van der Waals surface area contributed by atoms with Crippen molar-refractivity contribution in [3.63, 3.8) is 0 Å². The number of aliphatic hydroxyl groups is 1. The third-order valence-corrected chi connectivity index (χ3v) is 3.20. The maximum absolute atomic E-state index is 11.9. The van der Waals surface area contributed by atoms with Crippen LogP contribution in [0.15, 0.2) is 48.5 Å². The lowest BCUT2D eigenvalue weighted by Gasteiger charge is -2.10. The summed E-state index contributed by atoms with van der Waals surface area (Å²) in [4.78, 5) is 11.9. The number of amides is 1. The van der Waals surface area contributed by atoms with E-state index in [1.54, 1.807) is 30.3 Å². The first-order chi connectivity index (χ1) is 10.2. The van der Waals surface area contributed by atoms with E-state index in [1.165, 1.54) is 0 Å². The first-order valence-corrected chi connectivity index (χ1v) is 6.94. The number of benzene rings is 2. The second-order valence-electron chi connectivity index (χ2n) is 4.39. The van der Waals surface area contributed by atoms with Crippen molar-refractivity contribution in [3.8, 4) is 5.75 Å². The van der Waals surface area contributed by atoms with Crippen molar-refractivity contribution in [3.05, 3.63) is 59.1 Å². The van der Waals surface area contributed by atoms with Crippen LogP contribution in [0.2, 0.25) is 5.02 Å². The number of ether oxygens (including phenoxy) is 1. The lowest BCUT2D eigenvalue weighted by Crippen LogP contribution is -2.16. The zero-order chi connectivity index (χ0) is 15.1.